The van der Waals surface area contributed by atoms with Crippen LogP contribution in [-0.4, -0.2) is 41.5 Å². The van der Waals surface area contributed by atoms with E-state index in [1.807, 2.05) is 69.3 Å². The molecule has 0 radical (unpaired) electrons. The fourth-order valence-corrected chi connectivity index (χ4v) is 3.43. The number of ether oxygens (including phenoxy) is 1. The molecule has 1 N–H and O–H groups in total. The standard InChI is InChI=1S/C27H31N3O4/c1-18(2)29(4)27(33)24-17-30(15-21-7-6-8-22(13-21)34-5)16-23(25(24)31)26(32)28-14-20-11-9-19(3)10-12-20/h6-13,16-18H,14-15H2,1-5H3,(H,28,32). The lowest BCUT2D eigenvalue weighted by Crippen LogP contribution is -2.38. The third kappa shape index (κ3) is 5.92. The van der Waals surface area contributed by atoms with Gasteiger partial charge in [0.25, 0.3) is 11.8 Å². The lowest BCUT2D eigenvalue weighted by atomic mass is 10.1. The molecular weight excluding hydrogens is 430 g/mol. The minimum absolute atomic E-state index is 0.0397. The van der Waals surface area contributed by atoms with Gasteiger partial charge in [0.15, 0.2) is 0 Å². The van der Waals surface area contributed by atoms with Crippen LogP contribution < -0.4 is 15.5 Å². The van der Waals surface area contributed by atoms with E-state index in [4.69, 9.17) is 4.74 Å². The Labute approximate surface area is 200 Å². The quantitative estimate of drug-likeness (QED) is 0.556. The smallest absolute Gasteiger partial charge is 0.259 e. The number of hydrogen-bond acceptors (Lipinski definition) is 4. The van der Waals surface area contributed by atoms with E-state index in [2.05, 4.69) is 5.32 Å². The van der Waals surface area contributed by atoms with E-state index in [1.54, 1.807) is 18.7 Å². The van der Waals surface area contributed by atoms with Crippen LogP contribution in [0.4, 0.5) is 0 Å². The van der Waals surface area contributed by atoms with Crippen molar-refractivity contribution in [2.45, 2.75) is 39.9 Å². The third-order valence-electron chi connectivity index (χ3n) is 5.72. The van der Waals surface area contributed by atoms with Crippen molar-refractivity contribution in [1.29, 1.82) is 0 Å². The van der Waals surface area contributed by atoms with Crippen LogP contribution in [0.5, 0.6) is 5.75 Å². The molecule has 7 nitrogen and oxygen atoms in total. The maximum Gasteiger partial charge on any atom is 0.259 e. The molecule has 0 aliphatic rings. The SMILES string of the molecule is COc1cccc(Cn2cc(C(=O)NCc3ccc(C)cc3)c(=O)c(C(=O)N(C)C(C)C)c2)c1. The second-order valence-corrected chi connectivity index (χ2v) is 8.62. The van der Waals surface area contributed by atoms with Gasteiger partial charge in [-0.1, -0.05) is 42.0 Å². The second kappa shape index (κ2) is 10.8. The van der Waals surface area contributed by atoms with E-state index in [9.17, 15) is 14.4 Å². The molecule has 2 amide bonds. The molecule has 2 aromatic carbocycles. The molecule has 1 aromatic heterocycles. The van der Waals surface area contributed by atoms with Crippen molar-refractivity contribution in [3.05, 3.63) is 99.0 Å². The number of amides is 2. The van der Waals surface area contributed by atoms with Crippen LogP contribution in [0.15, 0.2) is 65.7 Å². The van der Waals surface area contributed by atoms with Crippen LogP contribution in [0.1, 0.15) is 51.3 Å². The van der Waals surface area contributed by atoms with Gasteiger partial charge in [-0.2, -0.15) is 0 Å². The molecule has 0 spiro atoms. The van der Waals surface area contributed by atoms with E-state index in [0.717, 1.165) is 16.7 Å². The van der Waals surface area contributed by atoms with E-state index in [1.165, 1.54) is 17.3 Å². The zero-order chi connectivity index (χ0) is 24.8. The Hall–Kier alpha value is -3.87. The average Bonchev–Trinajstić information content (AvgIpc) is 2.83. The number of benzene rings is 2. The summed E-state index contributed by atoms with van der Waals surface area (Å²) in [5.41, 5.74) is 2.25. The zero-order valence-electron chi connectivity index (χ0n) is 20.3. The number of carbonyl (C=O) groups excluding carboxylic acids is 2. The van der Waals surface area contributed by atoms with E-state index in [0.29, 0.717) is 12.3 Å². The average molecular weight is 462 g/mol. The maximum absolute atomic E-state index is 13.2. The number of aromatic nitrogens is 1. The Bertz CT molecular complexity index is 1230. The molecule has 7 heteroatoms. The fourth-order valence-electron chi connectivity index (χ4n) is 3.43. The summed E-state index contributed by atoms with van der Waals surface area (Å²) in [5.74, 6) is -0.246. The fraction of sp³-hybridized carbons (Fsp3) is 0.296. The van der Waals surface area contributed by atoms with Gasteiger partial charge in [0.1, 0.15) is 16.9 Å². The van der Waals surface area contributed by atoms with Crippen molar-refractivity contribution in [2.75, 3.05) is 14.2 Å². The third-order valence-corrected chi connectivity index (χ3v) is 5.72. The molecular formula is C27H31N3O4. The Morgan fingerprint density at radius 3 is 2.35 bits per heavy atom. The van der Waals surface area contributed by atoms with Gasteiger partial charge in [-0.05, 0) is 44.0 Å². The predicted octanol–water partition coefficient (Wildman–Crippen LogP) is 3.62. The second-order valence-electron chi connectivity index (χ2n) is 8.62. The molecule has 3 rings (SSSR count). The zero-order valence-corrected chi connectivity index (χ0v) is 20.3. The maximum atomic E-state index is 13.2. The van der Waals surface area contributed by atoms with Crippen molar-refractivity contribution in [2.24, 2.45) is 0 Å². The number of methoxy groups -OCH3 is 1. The van der Waals surface area contributed by atoms with Crippen molar-refractivity contribution >= 4 is 11.8 Å². The van der Waals surface area contributed by atoms with Crippen molar-refractivity contribution in [1.82, 2.24) is 14.8 Å². The van der Waals surface area contributed by atoms with Crippen molar-refractivity contribution in [3.63, 3.8) is 0 Å². The topological polar surface area (TPSA) is 80.6 Å². The summed E-state index contributed by atoms with van der Waals surface area (Å²) in [5, 5.41) is 2.81. The molecule has 0 saturated carbocycles. The molecule has 0 aliphatic carbocycles. The van der Waals surface area contributed by atoms with Gasteiger partial charge in [0, 0.05) is 38.6 Å². The number of nitrogens with zero attached hydrogens (tertiary/aromatic N) is 2. The van der Waals surface area contributed by atoms with Gasteiger partial charge in [0.2, 0.25) is 5.43 Å². The molecule has 0 unspecified atom stereocenters. The molecule has 178 valence electrons. The number of rotatable bonds is 8. The number of nitrogens with one attached hydrogen (secondary N) is 1. The van der Waals surface area contributed by atoms with Crippen molar-refractivity contribution in [3.8, 4) is 5.75 Å². The highest BCUT2D eigenvalue weighted by molar-refractivity contribution is 5.99. The normalized spacial score (nSPS) is 10.8. The summed E-state index contributed by atoms with van der Waals surface area (Å²) >= 11 is 0. The highest BCUT2D eigenvalue weighted by Gasteiger charge is 2.23. The first-order valence-electron chi connectivity index (χ1n) is 11.2. The van der Waals surface area contributed by atoms with E-state index in [-0.39, 0.29) is 23.7 Å². The summed E-state index contributed by atoms with van der Waals surface area (Å²) in [6, 6.07) is 15.2. The lowest BCUT2D eigenvalue weighted by Gasteiger charge is -2.22. The Morgan fingerprint density at radius 2 is 1.71 bits per heavy atom. The largest absolute Gasteiger partial charge is 0.497 e. The Morgan fingerprint density at radius 1 is 1.03 bits per heavy atom. The molecule has 0 fully saturated rings. The van der Waals surface area contributed by atoms with E-state index >= 15 is 0 Å². The Kier molecular flexibility index (Phi) is 7.89. The summed E-state index contributed by atoms with van der Waals surface area (Å²) in [4.78, 5) is 40.8. The number of pyridine rings is 1. The first-order chi connectivity index (χ1) is 16.2. The predicted molar refractivity (Wildman–Crippen MR) is 132 cm³/mol. The van der Waals surface area contributed by atoms with Gasteiger partial charge >= 0.3 is 0 Å². The molecule has 0 saturated heterocycles. The molecule has 34 heavy (non-hydrogen) atoms. The highest BCUT2D eigenvalue weighted by Crippen LogP contribution is 2.15. The van der Waals surface area contributed by atoms with E-state index < -0.39 is 17.2 Å². The summed E-state index contributed by atoms with van der Waals surface area (Å²) < 4.78 is 6.98. The lowest BCUT2D eigenvalue weighted by molar-refractivity contribution is 0.0752. The first kappa shape index (κ1) is 24.8. The molecule has 3 aromatic rings. The van der Waals surface area contributed by atoms with Gasteiger partial charge in [-0.3, -0.25) is 14.4 Å². The van der Waals surface area contributed by atoms with Crippen LogP contribution in [-0.2, 0) is 13.1 Å². The number of aryl methyl sites for hydroxylation is 1. The summed E-state index contributed by atoms with van der Waals surface area (Å²) in [6.07, 6.45) is 3.01. The monoisotopic (exact) mass is 461 g/mol. The number of carbonyl (C=O) groups is 2. The molecule has 0 atom stereocenters. The van der Waals surface area contributed by atoms with Crippen LogP contribution in [0.2, 0.25) is 0 Å². The van der Waals surface area contributed by atoms with Crippen LogP contribution >= 0.6 is 0 Å². The number of hydrogen-bond donors (Lipinski definition) is 1. The van der Waals surface area contributed by atoms with Crippen molar-refractivity contribution < 1.29 is 14.3 Å². The van der Waals surface area contributed by atoms with Gasteiger partial charge < -0.3 is 19.5 Å². The van der Waals surface area contributed by atoms with Gasteiger partial charge in [-0.25, -0.2) is 0 Å². The highest BCUT2D eigenvalue weighted by atomic mass is 16.5. The van der Waals surface area contributed by atoms with Crippen LogP contribution in [0.3, 0.4) is 0 Å². The van der Waals surface area contributed by atoms with Gasteiger partial charge in [-0.15, -0.1) is 0 Å². The molecule has 0 aliphatic heterocycles. The van der Waals surface area contributed by atoms with Crippen LogP contribution in [0.25, 0.3) is 0 Å². The minimum atomic E-state index is -0.583. The summed E-state index contributed by atoms with van der Waals surface area (Å²) in [7, 11) is 3.23. The molecule has 1 heterocycles. The first-order valence-corrected chi connectivity index (χ1v) is 11.2. The Balaban J connectivity index is 1.97. The van der Waals surface area contributed by atoms with Gasteiger partial charge in [0.05, 0.1) is 7.11 Å². The summed E-state index contributed by atoms with van der Waals surface area (Å²) in [6.45, 7) is 6.36. The minimum Gasteiger partial charge on any atom is -0.497 e. The van der Waals surface area contributed by atoms with Crippen LogP contribution in [0, 0.1) is 6.92 Å². The molecule has 0 bridgehead atoms.